The molecule has 0 bridgehead atoms. The maximum absolute atomic E-state index is 13.1. The third-order valence-electron chi connectivity index (χ3n) is 5.68. The highest BCUT2D eigenvalue weighted by atomic mass is 32.2. The number of ether oxygens (including phenoxy) is 1. The maximum atomic E-state index is 13.1. The van der Waals surface area contributed by atoms with Crippen LogP contribution in [0, 0.1) is 0 Å². The summed E-state index contributed by atoms with van der Waals surface area (Å²) in [6.07, 6.45) is 5.33. The van der Waals surface area contributed by atoms with Gasteiger partial charge in [-0.3, -0.25) is 14.2 Å². The summed E-state index contributed by atoms with van der Waals surface area (Å²) in [4.78, 5) is 32.5. The molecule has 2 aliphatic rings. The van der Waals surface area contributed by atoms with Gasteiger partial charge in [0.2, 0.25) is 5.91 Å². The molecule has 0 saturated carbocycles. The summed E-state index contributed by atoms with van der Waals surface area (Å²) < 4.78 is 7.45. The Hall–Kier alpha value is -1.86. The first-order valence-corrected chi connectivity index (χ1v) is 11.2. The van der Waals surface area contributed by atoms with E-state index in [1.54, 1.807) is 4.57 Å². The molecule has 1 aromatic carbocycles. The minimum absolute atomic E-state index is 0.0397. The molecule has 2 aliphatic heterocycles. The molecule has 28 heavy (non-hydrogen) atoms. The molecule has 4 rings (SSSR count). The lowest BCUT2D eigenvalue weighted by Crippen LogP contribution is -2.43. The van der Waals surface area contributed by atoms with E-state index in [-0.39, 0.29) is 17.6 Å². The Morgan fingerprint density at radius 3 is 2.89 bits per heavy atom. The van der Waals surface area contributed by atoms with E-state index in [1.807, 2.05) is 29.2 Å². The molecule has 2 unspecified atom stereocenters. The molecule has 0 spiro atoms. The monoisotopic (exact) mass is 401 g/mol. The van der Waals surface area contributed by atoms with E-state index < -0.39 is 0 Å². The van der Waals surface area contributed by atoms with Crippen molar-refractivity contribution in [3.05, 3.63) is 34.6 Å². The second-order valence-electron chi connectivity index (χ2n) is 7.68. The highest BCUT2D eigenvalue weighted by Crippen LogP contribution is 2.23. The Morgan fingerprint density at radius 2 is 2.11 bits per heavy atom. The molecular formula is C21H27N3O3S. The molecule has 0 N–H and O–H groups in total. The molecule has 0 radical (unpaired) electrons. The fraction of sp³-hybridized carbons (Fsp3) is 0.571. The number of fused-ring (bicyclic) bond motifs is 1. The molecule has 150 valence electrons. The lowest BCUT2D eigenvalue weighted by atomic mass is 10.0. The molecule has 6 nitrogen and oxygen atoms in total. The van der Waals surface area contributed by atoms with Gasteiger partial charge in [-0.1, -0.05) is 23.9 Å². The fourth-order valence-electron chi connectivity index (χ4n) is 4.09. The largest absolute Gasteiger partial charge is 0.376 e. The third-order valence-corrected chi connectivity index (χ3v) is 6.65. The number of carbonyl (C=O) groups is 1. The highest BCUT2D eigenvalue weighted by Gasteiger charge is 2.25. The first-order chi connectivity index (χ1) is 13.6. The Bertz CT molecular complexity index is 907. The van der Waals surface area contributed by atoms with Crippen LogP contribution < -0.4 is 5.56 Å². The van der Waals surface area contributed by atoms with Crippen LogP contribution in [0.3, 0.4) is 0 Å². The molecule has 1 amide bonds. The summed E-state index contributed by atoms with van der Waals surface area (Å²) in [5.74, 6) is 0.434. The van der Waals surface area contributed by atoms with Gasteiger partial charge in [-0.05, 0) is 51.2 Å². The Kier molecular flexibility index (Phi) is 6.01. The third kappa shape index (κ3) is 4.10. The predicted octanol–water partition coefficient (Wildman–Crippen LogP) is 3.07. The van der Waals surface area contributed by atoms with Crippen molar-refractivity contribution >= 4 is 28.6 Å². The summed E-state index contributed by atoms with van der Waals surface area (Å²) in [5.41, 5.74) is 0.625. The van der Waals surface area contributed by atoms with Crippen molar-refractivity contribution in [3.63, 3.8) is 0 Å². The minimum Gasteiger partial charge on any atom is -0.376 e. The first kappa shape index (κ1) is 19.5. The van der Waals surface area contributed by atoms with Crippen molar-refractivity contribution in [1.82, 2.24) is 14.5 Å². The van der Waals surface area contributed by atoms with Crippen LogP contribution in [0.4, 0.5) is 0 Å². The molecule has 1 aromatic heterocycles. The maximum Gasteiger partial charge on any atom is 0.262 e. The zero-order valence-corrected chi connectivity index (χ0v) is 17.1. The Balaban J connectivity index is 1.59. The number of thioether (sulfide) groups is 1. The molecular weight excluding hydrogens is 374 g/mol. The van der Waals surface area contributed by atoms with E-state index >= 15 is 0 Å². The standard InChI is InChI=1S/C21H27N3O3S/c1-15-7-4-5-11-23(15)19(25)14-28-21-22-18-10-3-2-9-17(18)20(26)24(21)13-16-8-6-12-27-16/h2-3,9-10,15-16H,4-8,11-14H2,1H3. The van der Waals surface area contributed by atoms with Crippen molar-refractivity contribution in [2.45, 2.75) is 62.9 Å². The molecule has 2 atom stereocenters. The van der Waals surface area contributed by atoms with Gasteiger partial charge in [-0.2, -0.15) is 0 Å². The van der Waals surface area contributed by atoms with Gasteiger partial charge in [0.25, 0.3) is 5.56 Å². The van der Waals surface area contributed by atoms with Crippen LogP contribution in [0.2, 0.25) is 0 Å². The van der Waals surface area contributed by atoms with E-state index in [4.69, 9.17) is 9.72 Å². The van der Waals surface area contributed by atoms with Crippen molar-refractivity contribution in [3.8, 4) is 0 Å². The first-order valence-electron chi connectivity index (χ1n) is 10.2. The molecule has 2 aromatic rings. The number of nitrogens with zero attached hydrogens (tertiary/aromatic N) is 3. The summed E-state index contributed by atoms with van der Waals surface area (Å²) in [5, 5.41) is 1.22. The van der Waals surface area contributed by atoms with E-state index in [2.05, 4.69) is 6.92 Å². The zero-order valence-electron chi connectivity index (χ0n) is 16.3. The predicted molar refractivity (Wildman–Crippen MR) is 111 cm³/mol. The summed E-state index contributed by atoms with van der Waals surface area (Å²) in [7, 11) is 0. The topological polar surface area (TPSA) is 64.4 Å². The van der Waals surface area contributed by atoms with Crippen LogP contribution >= 0.6 is 11.8 Å². The van der Waals surface area contributed by atoms with Gasteiger partial charge in [-0.25, -0.2) is 4.98 Å². The average molecular weight is 402 g/mol. The Labute approximate surface area is 169 Å². The van der Waals surface area contributed by atoms with Crippen LogP contribution in [0.25, 0.3) is 10.9 Å². The Morgan fingerprint density at radius 1 is 1.25 bits per heavy atom. The van der Waals surface area contributed by atoms with E-state index in [9.17, 15) is 9.59 Å². The number of piperidine rings is 1. The van der Waals surface area contributed by atoms with Gasteiger partial charge < -0.3 is 9.64 Å². The van der Waals surface area contributed by atoms with Crippen LogP contribution in [-0.4, -0.2) is 51.4 Å². The fourth-order valence-corrected chi connectivity index (χ4v) is 4.98. The quantitative estimate of drug-likeness (QED) is 0.569. The number of hydrogen-bond donors (Lipinski definition) is 0. The molecule has 3 heterocycles. The zero-order chi connectivity index (χ0) is 19.5. The average Bonchev–Trinajstić information content (AvgIpc) is 3.22. The van der Waals surface area contributed by atoms with Gasteiger partial charge in [-0.15, -0.1) is 0 Å². The highest BCUT2D eigenvalue weighted by molar-refractivity contribution is 7.99. The van der Waals surface area contributed by atoms with Crippen molar-refractivity contribution in [2.75, 3.05) is 18.9 Å². The molecule has 0 aliphatic carbocycles. The number of para-hydroxylation sites is 1. The summed E-state index contributed by atoms with van der Waals surface area (Å²) >= 11 is 1.37. The number of aromatic nitrogens is 2. The SMILES string of the molecule is CC1CCCCN1C(=O)CSc1nc2ccccc2c(=O)n1CC1CCCO1. The number of hydrogen-bond acceptors (Lipinski definition) is 5. The number of carbonyl (C=O) groups excluding carboxylic acids is 1. The van der Waals surface area contributed by atoms with Crippen molar-refractivity contribution < 1.29 is 9.53 Å². The normalized spacial score (nSPS) is 22.7. The van der Waals surface area contributed by atoms with E-state index in [1.165, 1.54) is 18.2 Å². The van der Waals surface area contributed by atoms with Crippen LogP contribution in [-0.2, 0) is 16.1 Å². The number of rotatable bonds is 5. The molecule has 2 fully saturated rings. The van der Waals surface area contributed by atoms with Crippen LogP contribution in [0.15, 0.2) is 34.2 Å². The van der Waals surface area contributed by atoms with Gasteiger partial charge in [0.15, 0.2) is 5.16 Å². The second kappa shape index (κ2) is 8.66. The summed E-state index contributed by atoms with van der Waals surface area (Å²) in [6, 6.07) is 7.70. The lowest BCUT2D eigenvalue weighted by molar-refractivity contribution is -0.131. The number of amides is 1. The van der Waals surface area contributed by atoms with E-state index in [0.29, 0.717) is 34.4 Å². The van der Waals surface area contributed by atoms with Crippen molar-refractivity contribution in [1.29, 1.82) is 0 Å². The lowest BCUT2D eigenvalue weighted by Gasteiger charge is -2.33. The van der Waals surface area contributed by atoms with Gasteiger partial charge in [0.05, 0.1) is 29.3 Å². The molecule has 7 heteroatoms. The minimum atomic E-state index is -0.0533. The second-order valence-corrected chi connectivity index (χ2v) is 8.63. The smallest absolute Gasteiger partial charge is 0.262 e. The van der Waals surface area contributed by atoms with Crippen LogP contribution in [0.1, 0.15) is 39.0 Å². The van der Waals surface area contributed by atoms with E-state index in [0.717, 1.165) is 38.8 Å². The van der Waals surface area contributed by atoms with Gasteiger partial charge in [0, 0.05) is 19.2 Å². The van der Waals surface area contributed by atoms with Gasteiger partial charge >= 0.3 is 0 Å². The van der Waals surface area contributed by atoms with Crippen molar-refractivity contribution in [2.24, 2.45) is 0 Å². The van der Waals surface area contributed by atoms with Gasteiger partial charge in [0.1, 0.15) is 0 Å². The van der Waals surface area contributed by atoms with Crippen LogP contribution in [0.5, 0.6) is 0 Å². The number of benzene rings is 1. The summed E-state index contributed by atoms with van der Waals surface area (Å²) in [6.45, 7) is 4.18. The number of likely N-dealkylation sites (tertiary alicyclic amines) is 1. The molecule has 2 saturated heterocycles.